The Kier molecular flexibility index (Phi) is 4.18. The number of carbonyl (C=O) groups is 2. The molecule has 0 saturated carbocycles. The zero-order valence-electron chi connectivity index (χ0n) is 13.4. The van der Waals surface area contributed by atoms with E-state index in [4.69, 9.17) is 23.2 Å². The monoisotopic (exact) mass is 374 g/mol. The standard InChI is InChI=1S/C19H16Cl2N2O2/c20-13-6-5-12-7-8-23-17(15(12)9-13)10-22(11-18(23)24)19(25)14-3-1-2-4-16(14)21/h1-6,9,17H,7-8,10-11H2. The third-order valence-electron chi connectivity index (χ3n) is 4.90. The summed E-state index contributed by atoms with van der Waals surface area (Å²) in [5, 5.41) is 1.04. The summed E-state index contributed by atoms with van der Waals surface area (Å²) in [5.41, 5.74) is 2.64. The average molecular weight is 375 g/mol. The highest BCUT2D eigenvalue weighted by Gasteiger charge is 2.39. The zero-order chi connectivity index (χ0) is 17.6. The Balaban J connectivity index is 1.68. The summed E-state index contributed by atoms with van der Waals surface area (Å²) in [5.74, 6) is -0.255. The molecule has 1 fully saturated rings. The molecule has 0 radical (unpaired) electrons. The highest BCUT2D eigenvalue weighted by molar-refractivity contribution is 6.33. The summed E-state index contributed by atoms with van der Waals surface area (Å²) in [6.45, 7) is 1.20. The van der Waals surface area contributed by atoms with Crippen molar-refractivity contribution >= 4 is 35.0 Å². The second-order valence-corrected chi connectivity index (χ2v) is 7.21. The van der Waals surface area contributed by atoms with Gasteiger partial charge in [0.15, 0.2) is 0 Å². The molecular weight excluding hydrogens is 359 g/mol. The van der Waals surface area contributed by atoms with Crippen molar-refractivity contribution in [2.24, 2.45) is 0 Å². The third-order valence-corrected chi connectivity index (χ3v) is 5.46. The maximum atomic E-state index is 12.9. The summed E-state index contributed by atoms with van der Waals surface area (Å²) >= 11 is 12.3. The van der Waals surface area contributed by atoms with E-state index in [9.17, 15) is 9.59 Å². The average Bonchev–Trinajstić information content (AvgIpc) is 2.61. The van der Waals surface area contributed by atoms with Crippen LogP contribution in [0.4, 0.5) is 0 Å². The molecule has 6 heteroatoms. The van der Waals surface area contributed by atoms with Crippen LogP contribution in [0.25, 0.3) is 0 Å². The Labute approximate surface area is 155 Å². The fourth-order valence-electron chi connectivity index (χ4n) is 3.65. The Morgan fingerprint density at radius 1 is 1.12 bits per heavy atom. The molecule has 1 unspecified atom stereocenters. The van der Waals surface area contributed by atoms with Gasteiger partial charge < -0.3 is 9.80 Å². The van der Waals surface area contributed by atoms with Crippen molar-refractivity contribution in [3.05, 3.63) is 69.2 Å². The van der Waals surface area contributed by atoms with E-state index >= 15 is 0 Å². The lowest BCUT2D eigenvalue weighted by molar-refractivity contribution is -0.139. The molecule has 0 aromatic heterocycles. The Hall–Kier alpha value is -2.04. The lowest BCUT2D eigenvalue weighted by atomic mass is 9.90. The predicted molar refractivity (Wildman–Crippen MR) is 97.0 cm³/mol. The van der Waals surface area contributed by atoms with Crippen molar-refractivity contribution in [1.29, 1.82) is 0 Å². The van der Waals surface area contributed by atoms with Crippen LogP contribution < -0.4 is 0 Å². The van der Waals surface area contributed by atoms with Gasteiger partial charge in [0.25, 0.3) is 5.91 Å². The van der Waals surface area contributed by atoms with E-state index in [2.05, 4.69) is 0 Å². The normalized spacial score (nSPS) is 19.4. The van der Waals surface area contributed by atoms with Crippen LogP contribution in [0.15, 0.2) is 42.5 Å². The largest absolute Gasteiger partial charge is 0.332 e. The minimum atomic E-state index is -0.215. The van der Waals surface area contributed by atoms with Crippen molar-refractivity contribution in [3.8, 4) is 0 Å². The number of piperazine rings is 1. The summed E-state index contributed by atoms with van der Waals surface area (Å²) in [6, 6.07) is 12.5. The second kappa shape index (κ2) is 6.36. The number of fused-ring (bicyclic) bond motifs is 3. The van der Waals surface area contributed by atoms with Crippen LogP contribution in [-0.2, 0) is 11.2 Å². The van der Waals surface area contributed by atoms with Gasteiger partial charge in [-0.2, -0.15) is 0 Å². The minimum absolute atomic E-state index is 0.0396. The van der Waals surface area contributed by atoms with Crippen LogP contribution in [0.3, 0.4) is 0 Å². The molecule has 2 aromatic carbocycles. The van der Waals surface area contributed by atoms with Crippen LogP contribution in [0, 0.1) is 0 Å². The molecule has 0 N–H and O–H groups in total. The maximum absolute atomic E-state index is 12.9. The molecule has 0 spiro atoms. The molecule has 4 rings (SSSR count). The summed E-state index contributed by atoms with van der Waals surface area (Å²) < 4.78 is 0. The Morgan fingerprint density at radius 2 is 1.92 bits per heavy atom. The molecule has 1 atom stereocenters. The van der Waals surface area contributed by atoms with Crippen LogP contribution >= 0.6 is 23.2 Å². The topological polar surface area (TPSA) is 40.6 Å². The molecule has 2 heterocycles. The molecule has 0 bridgehead atoms. The molecule has 2 amide bonds. The van der Waals surface area contributed by atoms with Gasteiger partial charge in [0.1, 0.15) is 6.54 Å². The smallest absolute Gasteiger partial charge is 0.255 e. The lowest BCUT2D eigenvalue weighted by Crippen LogP contribution is -2.55. The number of benzene rings is 2. The lowest BCUT2D eigenvalue weighted by Gasteiger charge is -2.44. The summed E-state index contributed by atoms with van der Waals surface area (Å²) in [4.78, 5) is 28.9. The quantitative estimate of drug-likeness (QED) is 0.765. The first-order valence-electron chi connectivity index (χ1n) is 8.16. The van der Waals surface area contributed by atoms with Crippen molar-refractivity contribution in [2.45, 2.75) is 12.5 Å². The second-order valence-electron chi connectivity index (χ2n) is 6.36. The molecule has 25 heavy (non-hydrogen) atoms. The van der Waals surface area contributed by atoms with Gasteiger partial charge in [0.05, 0.1) is 16.6 Å². The number of hydrogen-bond donors (Lipinski definition) is 0. The molecule has 2 aromatic rings. The van der Waals surface area contributed by atoms with E-state index in [0.29, 0.717) is 28.7 Å². The Bertz CT molecular complexity index is 868. The highest BCUT2D eigenvalue weighted by atomic mass is 35.5. The van der Waals surface area contributed by atoms with E-state index in [1.165, 1.54) is 5.56 Å². The van der Waals surface area contributed by atoms with Gasteiger partial charge >= 0.3 is 0 Å². The SMILES string of the molecule is O=C(c1ccccc1Cl)N1CC(=O)N2CCc3ccc(Cl)cc3C2C1. The molecule has 2 aliphatic rings. The van der Waals surface area contributed by atoms with E-state index in [0.717, 1.165) is 12.0 Å². The van der Waals surface area contributed by atoms with E-state index < -0.39 is 0 Å². The number of rotatable bonds is 1. The third kappa shape index (κ3) is 2.90. The van der Waals surface area contributed by atoms with E-state index in [-0.39, 0.29) is 24.4 Å². The van der Waals surface area contributed by atoms with Gasteiger partial charge in [-0.1, -0.05) is 41.4 Å². The van der Waals surface area contributed by atoms with Crippen LogP contribution in [0.1, 0.15) is 27.5 Å². The maximum Gasteiger partial charge on any atom is 0.255 e. The van der Waals surface area contributed by atoms with Crippen molar-refractivity contribution in [3.63, 3.8) is 0 Å². The van der Waals surface area contributed by atoms with Gasteiger partial charge in [-0.3, -0.25) is 9.59 Å². The van der Waals surface area contributed by atoms with Gasteiger partial charge in [-0.05, 0) is 41.8 Å². The van der Waals surface area contributed by atoms with Crippen LogP contribution in [-0.4, -0.2) is 41.2 Å². The first-order chi connectivity index (χ1) is 12.0. The molecule has 128 valence electrons. The van der Waals surface area contributed by atoms with Crippen LogP contribution in [0.2, 0.25) is 10.0 Å². The highest BCUT2D eigenvalue weighted by Crippen LogP contribution is 2.35. The first-order valence-corrected chi connectivity index (χ1v) is 8.92. The zero-order valence-corrected chi connectivity index (χ0v) is 14.9. The predicted octanol–water partition coefficient (Wildman–Crippen LogP) is 3.58. The molecule has 2 aliphatic heterocycles. The van der Waals surface area contributed by atoms with E-state index in [1.54, 1.807) is 29.2 Å². The number of halogens is 2. The fraction of sp³-hybridized carbons (Fsp3) is 0.263. The molecule has 1 saturated heterocycles. The first kappa shape index (κ1) is 16.4. The molecule has 0 aliphatic carbocycles. The van der Waals surface area contributed by atoms with Gasteiger partial charge in [0, 0.05) is 18.1 Å². The van der Waals surface area contributed by atoms with Crippen molar-refractivity contribution in [1.82, 2.24) is 9.80 Å². The minimum Gasteiger partial charge on any atom is -0.332 e. The number of nitrogens with zero attached hydrogens (tertiary/aromatic N) is 2. The van der Waals surface area contributed by atoms with Gasteiger partial charge in [0.2, 0.25) is 5.91 Å². The number of hydrogen-bond acceptors (Lipinski definition) is 2. The fourth-order valence-corrected chi connectivity index (χ4v) is 4.05. The van der Waals surface area contributed by atoms with E-state index in [1.807, 2.05) is 23.1 Å². The Morgan fingerprint density at radius 3 is 2.72 bits per heavy atom. The molecular formula is C19H16Cl2N2O2. The summed E-state index contributed by atoms with van der Waals surface area (Å²) in [7, 11) is 0. The van der Waals surface area contributed by atoms with Gasteiger partial charge in [-0.15, -0.1) is 0 Å². The van der Waals surface area contributed by atoms with Crippen molar-refractivity contribution < 1.29 is 9.59 Å². The molecule has 4 nitrogen and oxygen atoms in total. The van der Waals surface area contributed by atoms with Gasteiger partial charge in [-0.25, -0.2) is 0 Å². The van der Waals surface area contributed by atoms with Crippen molar-refractivity contribution in [2.75, 3.05) is 19.6 Å². The van der Waals surface area contributed by atoms with Crippen LogP contribution in [0.5, 0.6) is 0 Å². The number of carbonyl (C=O) groups excluding carboxylic acids is 2. The number of amides is 2. The summed E-state index contributed by atoms with van der Waals surface area (Å²) in [6.07, 6.45) is 0.813.